The fourth-order valence-corrected chi connectivity index (χ4v) is 3.83. The standard InChI is InChI=1S/C11H11ClF3N3O3S/c1-6-8(10(12)18(2)16-6)5-22(19,20)4-7-3-21-17-9(7)11(13,14)15/h3H,4-5H2,1-2H3. The van der Waals surface area contributed by atoms with Crippen molar-refractivity contribution in [3.05, 3.63) is 33.9 Å². The lowest BCUT2D eigenvalue weighted by Gasteiger charge is -2.06. The van der Waals surface area contributed by atoms with Crippen LogP contribution >= 0.6 is 11.6 Å². The third-order valence-electron chi connectivity index (χ3n) is 2.92. The average molecular weight is 358 g/mol. The van der Waals surface area contributed by atoms with Crippen LogP contribution in [0.3, 0.4) is 0 Å². The van der Waals surface area contributed by atoms with Crippen molar-refractivity contribution >= 4 is 21.4 Å². The van der Waals surface area contributed by atoms with Crippen molar-refractivity contribution in [2.45, 2.75) is 24.6 Å². The molecule has 0 amide bonds. The van der Waals surface area contributed by atoms with E-state index in [1.54, 1.807) is 6.92 Å². The number of alkyl halides is 3. The lowest BCUT2D eigenvalue weighted by atomic mass is 10.3. The monoisotopic (exact) mass is 357 g/mol. The molecule has 0 radical (unpaired) electrons. The van der Waals surface area contributed by atoms with Gasteiger partial charge in [0.25, 0.3) is 0 Å². The molecular formula is C11H11ClF3N3O3S. The maximum absolute atomic E-state index is 12.7. The summed E-state index contributed by atoms with van der Waals surface area (Å²) >= 11 is 5.93. The lowest BCUT2D eigenvalue weighted by molar-refractivity contribution is -0.143. The van der Waals surface area contributed by atoms with Crippen molar-refractivity contribution in [2.75, 3.05) is 0 Å². The van der Waals surface area contributed by atoms with Gasteiger partial charge in [-0.25, -0.2) is 8.42 Å². The Balaban J connectivity index is 2.28. The van der Waals surface area contributed by atoms with Gasteiger partial charge in [-0.2, -0.15) is 18.3 Å². The fourth-order valence-electron chi connectivity index (χ4n) is 1.94. The van der Waals surface area contributed by atoms with Crippen LogP contribution in [0.4, 0.5) is 13.2 Å². The van der Waals surface area contributed by atoms with E-state index < -0.39 is 38.8 Å². The summed E-state index contributed by atoms with van der Waals surface area (Å²) in [6.45, 7) is 1.57. The second-order valence-electron chi connectivity index (χ2n) is 4.70. The highest BCUT2D eigenvalue weighted by molar-refractivity contribution is 7.89. The van der Waals surface area contributed by atoms with Crippen molar-refractivity contribution in [1.82, 2.24) is 14.9 Å². The van der Waals surface area contributed by atoms with E-state index >= 15 is 0 Å². The van der Waals surface area contributed by atoms with Gasteiger partial charge in [0, 0.05) is 18.2 Å². The minimum atomic E-state index is -4.78. The lowest BCUT2D eigenvalue weighted by Crippen LogP contribution is -2.13. The van der Waals surface area contributed by atoms with Crippen LogP contribution in [0.15, 0.2) is 10.8 Å². The topological polar surface area (TPSA) is 78.0 Å². The molecule has 0 aromatic carbocycles. The number of hydrogen-bond acceptors (Lipinski definition) is 5. The summed E-state index contributed by atoms with van der Waals surface area (Å²) in [5.41, 5.74) is -1.22. The molecule has 0 N–H and O–H groups in total. The maximum atomic E-state index is 12.7. The van der Waals surface area contributed by atoms with Crippen molar-refractivity contribution in [2.24, 2.45) is 7.05 Å². The first-order valence-corrected chi connectivity index (χ1v) is 8.10. The van der Waals surface area contributed by atoms with E-state index in [-0.39, 0.29) is 10.7 Å². The second kappa shape index (κ2) is 5.58. The highest BCUT2D eigenvalue weighted by Crippen LogP contribution is 2.32. The molecule has 2 aromatic rings. The van der Waals surface area contributed by atoms with E-state index in [0.717, 1.165) is 0 Å². The Morgan fingerprint density at radius 1 is 1.36 bits per heavy atom. The highest BCUT2D eigenvalue weighted by Gasteiger charge is 2.38. The number of hydrogen-bond donors (Lipinski definition) is 0. The molecule has 0 fully saturated rings. The number of nitrogens with zero attached hydrogens (tertiary/aromatic N) is 3. The van der Waals surface area contributed by atoms with Crippen LogP contribution in [0.25, 0.3) is 0 Å². The van der Waals surface area contributed by atoms with Gasteiger partial charge in [-0.3, -0.25) is 4.68 Å². The largest absolute Gasteiger partial charge is 0.437 e. The molecule has 122 valence electrons. The van der Waals surface area contributed by atoms with Crippen LogP contribution in [-0.2, 0) is 34.6 Å². The van der Waals surface area contributed by atoms with E-state index in [1.165, 1.54) is 11.7 Å². The van der Waals surface area contributed by atoms with Crippen LogP contribution < -0.4 is 0 Å². The smallest absolute Gasteiger partial charge is 0.364 e. The van der Waals surface area contributed by atoms with E-state index in [4.69, 9.17) is 11.6 Å². The molecule has 0 atom stereocenters. The predicted octanol–water partition coefficient (Wildman–Crippen LogP) is 2.50. The molecular weight excluding hydrogens is 347 g/mol. The molecule has 2 heterocycles. The zero-order valence-electron chi connectivity index (χ0n) is 11.5. The van der Waals surface area contributed by atoms with E-state index in [2.05, 4.69) is 14.8 Å². The van der Waals surface area contributed by atoms with Gasteiger partial charge in [-0.15, -0.1) is 0 Å². The first-order chi connectivity index (χ1) is 10.0. The number of aromatic nitrogens is 3. The van der Waals surface area contributed by atoms with E-state index in [1.807, 2.05) is 0 Å². The molecule has 2 aromatic heterocycles. The average Bonchev–Trinajstić information content (AvgIpc) is 2.89. The normalized spacial score (nSPS) is 12.8. The molecule has 0 aliphatic carbocycles. The van der Waals surface area contributed by atoms with Gasteiger partial charge in [-0.1, -0.05) is 16.8 Å². The molecule has 22 heavy (non-hydrogen) atoms. The van der Waals surface area contributed by atoms with Crippen LogP contribution in [0.1, 0.15) is 22.5 Å². The molecule has 11 heteroatoms. The molecule has 0 spiro atoms. The summed E-state index contributed by atoms with van der Waals surface area (Å²) in [7, 11) is -2.37. The van der Waals surface area contributed by atoms with Crippen molar-refractivity contribution in [1.29, 1.82) is 0 Å². The first kappa shape index (κ1) is 16.8. The molecule has 0 aliphatic heterocycles. The van der Waals surface area contributed by atoms with Crippen molar-refractivity contribution in [3.63, 3.8) is 0 Å². The summed E-state index contributed by atoms with van der Waals surface area (Å²) < 4.78 is 67.8. The molecule has 0 saturated heterocycles. The minimum absolute atomic E-state index is 0.127. The van der Waals surface area contributed by atoms with Gasteiger partial charge in [0.05, 0.1) is 17.2 Å². The molecule has 6 nitrogen and oxygen atoms in total. The number of aryl methyl sites for hydroxylation is 2. The van der Waals surface area contributed by atoms with Crippen LogP contribution in [0, 0.1) is 6.92 Å². The SMILES string of the molecule is Cc1nn(C)c(Cl)c1CS(=O)(=O)Cc1conc1C(F)(F)F. The van der Waals surface area contributed by atoms with Gasteiger partial charge < -0.3 is 4.52 Å². The molecule has 2 rings (SSSR count). The minimum Gasteiger partial charge on any atom is -0.364 e. The van der Waals surface area contributed by atoms with Gasteiger partial charge in [0.2, 0.25) is 0 Å². The van der Waals surface area contributed by atoms with Gasteiger partial charge in [-0.05, 0) is 6.92 Å². The molecule has 0 saturated carbocycles. The van der Waals surface area contributed by atoms with Crippen LogP contribution in [-0.4, -0.2) is 23.4 Å². The Hall–Kier alpha value is -1.55. The Kier molecular flexibility index (Phi) is 4.26. The molecule has 0 unspecified atom stereocenters. The zero-order chi connectivity index (χ0) is 16.7. The fraction of sp³-hybridized carbons (Fsp3) is 0.455. The number of rotatable bonds is 4. The molecule has 0 bridgehead atoms. The number of sulfone groups is 1. The zero-order valence-corrected chi connectivity index (χ0v) is 13.1. The van der Waals surface area contributed by atoms with Crippen molar-refractivity contribution < 1.29 is 26.1 Å². The quantitative estimate of drug-likeness (QED) is 0.840. The Morgan fingerprint density at radius 3 is 2.50 bits per heavy atom. The third-order valence-corrected chi connectivity index (χ3v) is 4.87. The van der Waals surface area contributed by atoms with E-state index in [0.29, 0.717) is 12.0 Å². The predicted molar refractivity (Wildman–Crippen MR) is 70.8 cm³/mol. The summed E-state index contributed by atoms with van der Waals surface area (Å²) in [6.07, 6.45) is -4.10. The summed E-state index contributed by atoms with van der Waals surface area (Å²) in [4.78, 5) is 0. The molecule has 0 aliphatic rings. The van der Waals surface area contributed by atoms with Crippen LogP contribution in [0.2, 0.25) is 5.15 Å². The van der Waals surface area contributed by atoms with Crippen molar-refractivity contribution in [3.8, 4) is 0 Å². The second-order valence-corrected chi connectivity index (χ2v) is 7.12. The maximum Gasteiger partial charge on any atom is 0.437 e. The number of halogens is 4. The third kappa shape index (κ3) is 3.43. The summed E-state index contributed by atoms with van der Waals surface area (Å²) in [6, 6.07) is 0. The first-order valence-electron chi connectivity index (χ1n) is 5.90. The Morgan fingerprint density at radius 2 is 2.00 bits per heavy atom. The summed E-state index contributed by atoms with van der Waals surface area (Å²) in [5.74, 6) is -1.37. The summed E-state index contributed by atoms with van der Waals surface area (Å²) in [5, 5.41) is 6.90. The highest BCUT2D eigenvalue weighted by atomic mass is 35.5. The van der Waals surface area contributed by atoms with E-state index in [9.17, 15) is 21.6 Å². The van der Waals surface area contributed by atoms with Gasteiger partial charge >= 0.3 is 6.18 Å². The van der Waals surface area contributed by atoms with Gasteiger partial charge in [0.1, 0.15) is 11.4 Å². The Bertz CT molecular complexity index is 795. The Labute approximate surface area is 128 Å². The van der Waals surface area contributed by atoms with Gasteiger partial charge in [0.15, 0.2) is 15.5 Å². The van der Waals surface area contributed by atoms with Crippen LogP contribution in [0.5, 0.6) is 0 Å².